The second-order valence-corrected chi connectivity index (χ2v) is 10.0. The van der Waals surface area contributed by atoms with Gasteiger partial charge in [0.25, 0.3) is 0 Å². The number of aliphatic hydroxyl groups excluding tert-OH is 2. The lowest BCUT2D eigenvalue weighted by Crippen LogP contribution is -2.36. The molecule has 35 heavy (non-hydrogen) atoms. The Balaban J connectivity index is 1.48. The first-order valence-corrected chi connectivity index (χ1v) is 12.4. The van der Waals surface area contributed by atoms with Crippen LogP contribution in [-0.2, 0) is 4.79 Å². The number of nitrogens with one attached hydrogen (secondary N) is 1. The van der Waals surface area contributed by atoms with E-state index in [0.29, 0.717) is 21.2 Å². The molecule has 9 heteroatoms. The number of aromatic nitrogens is 1. The summed E-state index contributed by atoms with van der Waals surface area (Å²) in [6, 6.07) is 5.11. The number of hydrogen-bond acceptors (Lipinski definition) is 5. The molecule has 5 N–H and O–H groups in total. The van der Waals surface area contributed by atoms with Crippen molar-refractivity contribution in [3.63, 3.8) is 0 Å². The number of carbonyl (C=O) groups is 1. The lowest BCUT2D eigenvalue weighted by Gasteiger charge is -2.26. The highest BCUT2D eigenvalue weighted by atomic mass is 79.9. The maximum atomic E-state index is 15.1. The molecular weight excluding hydrogens is 520 g/mol. The first-order valence-electron chi connectivity index (χ1n) is 11.6. The average Bonchev–Trinajstić information content (AvgIpc) is 2.82. The van der Waals surface area contributed by atoms with Crippen molar-refractivity contribution >= 4 is 33.2 Å². The molecule has 0 spiro atoms. The number of anilines is 1. The van der Waals surface area contributed by atoms with Crippen LogP contribution in [0.2, 0.25) is 0 Å². The van der Waals surface area contributed by atoms with Crippen molar-refractivity contribution in [3.05, 3.63) is 75.4 Å². The zero-order valence-corrected chi connectivity index (χ0v) is 20.6. The van der Waals surface area contributed by atoms with Gasteiger partial charge in [-0.25, -0.2) is 13.8 Å². The SMILES string of the molecule is Nc1ncc(C2CCC(O)CC2)cc1C1=CCC(C(=O)N[C@H](CO)c2cc(F)cc(Br)c2)C(F)=C1. The largest absolute Gasteiger partial charge is 0.394 e. The molecule has 1 heterocycles. The summed E-state index contributed by atoms with van der Waals surface area (Å²) in [4.78, 5) is 17.1. The smallest absolute Gasteiger partial charge is 0.230 e. The van der Waals surface area contributed by atoms with Gasteiger partial charge in [0.15, 0.2) is 0 Å². The van der Waals surface area contributed by atoms with E-state index in [9.17, 15) is 19.4 Å². The third-order valence-corrected chi connectivity index (χ3v) is 7.18. The maximum absolute atomic E-state index is 15.1. The lowest BCUT2D eigenvalue weighted by atomic mass is 9.82. The van der Waals surface area contributed by atoms with E-state index < -0.39 is 36.1 Å². The molecule has 2 aliphatic rings. The molecule has 0 aliphatic heterocycles. The lowest BCUT2D eigenvalue weighted by molar-refractivity contribution is -0.125. The van der Waals surface area contributed by atoms with Gasteiger partial charge in [0, 0.05) is 16.2 Å². The Labute approximate surface area is 211 Å². The van der Waals surface area contributed by atoms with E-state index in [4.69, 9.17) is 5.73 Å². The number of carbonyl (C=O) groups excluding carboxylic acids is 1. The molecule has 1 amide bonds. The predicted octanol–water partition coefficient (Wildman–Crippen LogP) is 4.69. The fourth-order valence-electron chi connectivity index (χ4n) is 4.72. The van der Waals surface area contributed by atoms with Crippen LogP contribution >= 0.6 is 15.9 Å². The van der Waals surface area contributed by atoms with Gasteiger partial charge in [-0.15, -0.1) is 0 Å². The number of pyridine rings is 1. The molecular formula is C26H28BrF2N3O3. The number of allylic oxidation sites excluding steroid dienone is 3. The van der Waals surface area contributed by atoms with Crippen molar-refractivity contribution in [3.8, 4) is 0 Å². The van der Waals surface area contributed by atoms with E-state index in [1.807, 2.05) is 6.07 Å². The minimum atomic E-state index is -1.07. The van der Waals surface area contributed by atoms with Gasteiger partial charge in [0.05, 0.1) is 24.7 Å². The number of halogens is 3. The van der Waals surface area contributed by atoms with Crippen LogP contribution in [0.3, 0.4) is 0 Å². The molecule has 2 aromatic rings. The van der Waals surface area contributed by atoms with Crippen molar-refractivity contribution in [2.24, 2.45) is 5.92 Å². The first-order chi connectivity index (χ1) is 16.7. The van der Waals surface area contributed by atoms with E-state index >= 15 is 4.39 Å². The van der Waals surface area contributed by atoms with Gasteiger partial charge in [-0.3, -0.25) is 4.79 Å². The fourth-order valence-corrected chi connectivity index (χ4v) is 5.21. The summed E-state index contributed by atoms with van der Waals surface area (Å²) in [7, 11) is 0. The number of benzene rings is 1. The molecule has 1 fully saturated rings. The third-order valence-electron chi connectivity index (χ3n) is 6.72. The molecule has 1 aromatic heterocycles. The van der Waals surface area contributed by atoms with Gasteiger partial charge >= 0.3 is 0 Å². The minimum absolute atomic E-state index is 0.105. The normalized spacial score (nSPS) is 23.3. The average molecular weight is 548 g/mol. The van der Waals surface area contributed by atoms with Crippen LogP contribution in [0.5, 0.6) is 0 Å². The van der Waals surface area contributed by atoms with Crippen LogP contribution in [0.25, 0.3) is 5.57 Å². The highest BCUT2D eigenvalue weighted by molar-refractivity contribution is 9.10. The van der Waals surface area contributed by atoms with Gasteiger partial charge in [0.2, 0.25) is 5.91 Å². The Bertz CT molecular complexity index is 1140. The molecule has 2 atom stereocenters. The van der Waals surface area contributed by atoms with Crippen molar-refractivity contribution in [2.45, 2.75) is 50.2 Å². The van der Waals surface area contributed by atoms with Gasteiger partial charge in [-0.1, -0.05) is 22.0 Å². The number of rotatable bonds is 6. The molecule has 1 aromatic carbocycles. The predicted molar refractivity (Wildman–Crippen MR) is 133 cm³/mol. The summed E-state index contributed by atoms with van der Waals surface area (Å²) in [6.45, 7) is -0.464. The number of hydrogen-bond donors (Lipinski definition) is 4. The molecule has 4 rings (SSSR count). The molecule has 0 radical (unpaired) electrons. The summed E-state index contributed by atoms with van der Waals surface area (Å²) in [6.07, 6.45) is 7.80. The van der Waals surface area contributed by atoms with Gasteiger partial charge in [-0.05, 0) is 85.1 Å². The Hall–Kier alpha value is -2.62. The number of aliphatic hydroxyl groups is 2. The standard InChI is InChI=1S/C26H28BrF2N3O3/c27-18-7-16(8-19(28)11-18)24(13-33)32-26(35)21-6-3-15(10-23(21)29)22-9-17(12-31-25(22)30)14-1-4-20(34)5-2-14/h3,7-12,14,20-21,24,33-34H,1-2,4-6,13H2,(H2,30,31)(H,32,35)/t14?,20?,21?,24-/m1/s1. The highest BCUT2D eigenvalue weighted by Gasteiger charge is 2.29. The second-order valence-electron chi connectivity index (χ2n) is 9.13. The summed E-state index contributed by atoms with van der Waals surface area (Å²) in [5, 5.41) is 22.1. The van der Waals surface area contributed by atoms with Crippen molar-refractivity contribution in [1.82, 2.24) is 10.3 Å². The van der Waals surface area contributed by atoms with E-state index in [-0.39, 0.29) is 24.3 Å². The van der Waals surface area contributed by atoms with Gasteiger partial charge in [-0.2, -0.15) is 0 Å². The zero-order chi connectivity index (χ0) is 25.1. The molecule has 186 valence electrons. The van der Waals surface area contributed by atoms with Crippen molar-refractivity contribution < 1.29 is 23.8 Å². The Morgan fingerprint density at radius 3 is 2.60 bits per heavy atom. The maximum Gasteiger partial charge on any atom is 0.230 e. The van der Waals surface area contributed by atoms with E-state index in [1.165, 1.54) is 18.2 Å². The highest BCUT2D eigenvalue weighted by Crippen LogP contribution is 2.37. The van der Waals surface area contributed by atoms with Gasteiger partial charge < -0.3 is 21.3 Å². The molecule has 1 saturated carbocycles. The Morgan fingerprint density at radius 2 is 1.94 bits per heavy atom. The van der Waals surface area contributed by atoms with Gasteiger partial charge in [0.1, 0.15) is 17.5 Å². The monoisotopic (exact) mass is 547 g/mol. The number of nitrogens with two attached hydrogens (primary N) is 1. The molecule has 6 nitrogen and oxygen atoms in total. The van der Waals surface area contributed by atoms with E-state index in [1.54, 1.807) is 18.3 Å². The molecule has 2 aliphatic carbocycles. The molecule has 0 bridgehead atoms. The van der Waals surface area contributed by atoms with Crippen molar-refractivity contribution in [2.75, 3.05) is 12.3 Å². The first kappa shape index (κ1) is 25.5. The summed E-state index contributed by atoms with van der Waals surface area (Å²) in [5.41, 5.74) is 8.64. The van der Waals surface area contributed by atoms with Crippen molar-refractivity contribution in [1.29, 1.82) is 0 Å². The summed E-state index contributed by atoms with van der Waals surface area (Å²) < 4.78 is 29.3. The molecule has 0 saturated heterocycles. The zero-order valence-electron chi connectivity index (χ0n) is 19.1. The topological polar surface area (TPSA) is 108 Å². The summed E-state index contributed by atoms with van der Waals surface area (Å²) in [5.74, 6) is -2.27. The van der Waals surface area contributed by atoms with Crippen LogP contribution in [0.1, 0.15) is 60.8 Å². The van der Waals surface area contributed by atoms with Crippen LogP contribution in [0.4, 0.5) is 14.6 Å². The molecule has 1 unspecified atom stereocenters. The Kier molecular flexibility index (Phi) is 7.98. The summed E-state index contributed by atoms with van der Waals surface area (Å²) >= 11 is 3.19. The fraction of sp³-hybridized carbons (Fsp3) is 0.385. The quantitative estimate of drug-likeness (QED) is 0.419. The minimum Gasteiger partial charge on any atom is -0.394 e. The number of amides is 1. The van der Waals surface area contributed by atoms with Crippen LogP contribution in [-0.4, -0.2) is 33.8 Å². The number of nitrogen functional groups attached to an aromatic ring is 1. The third kappa shape index (κ3) is 5.97. The van der Waals surface area contributed by atoms with E-state index in [0.717, 1.165) is 31.2 Å². The van der Waals surface area contributed by atoms with E-state index in [2.05, 4.69) is 26.2 Å². The Morgan fingerprint density at radius 1 is 1.20 bits per heavy atom. The van der Waals surface area contributed by atoms with Crippen LogP contribution in [0.15, 0.2) is 52.9 Å². The van der Waals surface area contributed by atoms with Crippen LogP contribution < -0.4 is 11.1 Å². The van der Waals surface area contributed by atoms with Crippen LogP contribution in [0, 0.1) is 11.7 Å². The second kappa shape index (κ2) is 11.0. The number of nitrogens with zero attached hydrogens (tertiary/aromatic N) is 1.